The molecule has 8 heteroatoms. The summed E-state index contributed by atoms with van der Waals surface area (Å²) in [6, 6.07) is 3.11. The van der Waals surface area contributed by atoms with Crippen LogP contribution in [0.1, 0.15) is 0 Å². The molecule has 0 saturated carbocycles. The fourth-order valence-electron chi connectivity index (χ4n) is 2.91. The summed E-state index contributed by atoms with van der Waals surface area (Å²) in [5, 5.41) is 3.59. The lowest BCUT2D eigenvalue weighted by Crippen LogP contribution is -2.32. The van der Waals surface area contributed by atoms with Crippen LogP contribution >= 0.6 is 39.1 Å². The second-order valence-corrected chi connectivity index (χ2v) is 8.80. The molecule has 1 aromatic carbocycles. The Morgan fingerprint density at radius 3 is 2.15 bits per heavy atom. The monoisotopic (exact) mass is 398 g/mol. The third kappa shape index (κ3) is 2.51. The lowest BCUT2D eigenvalue weighted by Gasteiger charge is -2.19. The Hall–Kier alpha value is 0.150. The van der Waals surface area contributed by atoms with Gasteiger partial charge in [-0.15, -0.1) is 0 Å². The van der Waals surface area contributed by atoms with Crippen LogP contribution in [0, 0.1) is 11.8 Å². The molecular weight excluding hydrogens is 387 g/mol. The molecule has 110 valence electrons. The van der Waals surface area contributed by atoms with Gasteiger partial charge in [0.15, 0.2) is 0 Å². The maximum atomic E-state index is 12.7. The van der Waals surface area contributed by atoms with Gasteiger partial charge in [0.2, 0.25) is 10.0 Å². The number of hydrogen-bond acceptors (Lipinski definition) is 3. The summed E-state index contributed by atoms with van der Waals surface area (Å²) in [7, 11) is -3.64. The Labute approximate surface area is 136 Å². The predicted molar refractivity (Wildman–Crippen MR) is 82.8 cm³/mol. The summed E-state index contributed by atoms with van der Waals surface area (Å²) in [6.45, 7) is 2.81. The highest BCUT2D eigenvalue weighted by Crippen LogP contribution is 2.37. The molecule has 2 saturated heterocycles. The van der Waals surface area contributed by atoms with E-state index in [1.165, 1.54) is 4.31 Å². The van der Waals surface area contributed by atoms with Gasteiger partial charge in [-0.3, -0.25) is 0 Å². The van der Waals surface area contributed by atoms with Gasteiger partial charge < -0.3 is 5.32 Å². The normalized spacial score (nSPS) is 26.9. The van der Waals surface area contributed by atoms with E-state index in [4.69, 9.17) is 23.2 Å². The third-order valence-corrected chi connectivity index (χ3v) is 7.13. The molecule has 2 aliphatic rings. The molecule has 0 aromatic heterocycles. The molecule has 0 amide bonds. The Morgan fingerprint density at radius 1 is 1.15 bits per heavy atom. The van der Waals surface area contributed by atoms with Gasteiger partial charge in [0, 0.05) is 17.6 Å². The first kappa shape index (κ1) is 15.1. The molecule has 0 radical (unpaired) electrons. The van der Waals surface area contributed by atoms with Crippen LogP contribution in [0.5, 0.6) is 0 Å². The average molecular weight is 400 g/mol. The Morgan fingerprint density at radius 2 is 1.65 bits per heavy atom. The van der Waals surface area contributed by atoms with E-state index in [9.17, 15) is 8.42 Å². The second kappa shape index (κ2) is 5.41. The van der Waals surface area contributed by atoms with E-state index in [1.807, 2.05) is 0 Å². The largest absolute Gasteiger partial charge is 0.316 e. The van der Waals surface area contributed by atoms with Crippen LogP contribution in [-0.4, -0.2) is 38.9 Å². The van der Waals surface area contributed by atoms with E-state index in [-0.39, 0.29) is 14.9 Å². The molecule has 4 nitrogen and oxygen atoms in total. The molecule has 3 rings (SSSR count). The summed E-state index contributed by atoms with van der Waals surface area (Å²) >= 11 is 15.4. The summed E-state index contributed by atoms with van der Waals surface area (Å²) in [4.78, 5) is 0.0111. The molecule has 2 heterocycles. The van der Waals surface area contributed by atoms with Crippen LogP contribution in [0.2, 0.25) is 10.0 Å². The minimum absolute atomic E-state index is 0.0111. The van der Waals surface area contributed by atoms with Crippen LogP contribution in [0.15, 0.2) is 21.5 Å². The summed E-state index contributed by atoms with van der Waals surface area (Å²) in [6.07, 6.45) is 0. The van der Waals surface area contributed by atoms with Crippen molar-refractivity contribution in [3.63, 3.8) is 0 Å². The quantitative estimate of drug-likeness (QED) is 0.831. The van der Waals surface area contributed by atoms with Crippen LogP contribution < -0.4 is 5.32 Å². The van der Waals surface area contributed by atoms with Gasteiger partial charge in [-0.2, -0.15) is 4.31 Å². The summed E-state index contributed by atoms with van der Waals surface area (Å²) < 4.78 is 27.6. The first-order valence-electron chi connectivity index (χ1n) is 6.25. The lowest BCUT2D eigenvalue weighted by molar-refractivity contribution is 0.448. The fourth-order valence-corrected chi connectivity index (χ4v) is 6.35. The van der Waals surface area contributed by atoms with E-state index in [2.05, 4.69) is 21.2 Å². The van der Waals surface area contributed by atoms with Gasteiger partial charge in [0.1, 0.15) is 4.90 Å². The molecule has 20 heavy (non-hydrogen) atoms. The smallest absolute Gasteiger partial charge is 0.246 e. The molecule has 1 aromatic rings. The highest BCUT2D eigenvalue weighted by Gasteiger charge is 2.42. The molecule has 0 aliphatic carbocycles. The van der Waals surface area contributed by atoms with Crippen molar-refractivity contribution in [3.8, 4) is 0 Å². The maximum Gasteiger partial charge on any atom is 0.246 e. The zero-order chi connectivity index (χ0) is 14.5. The topological polar surface area (TPSA) is 49.4 Å². The van der Waals surface area contributed by atoms with E-state index >= 15 is 0 Å². The number of nitrogens with zero attached hydrogens (tertiary/aromatic N) is 1. The van der Waals surface area contributed by atoms with Crippen molar-refractivity contribution in [1.29, 1.82) is 0 Å². The van der Waals surface area contributed by atoms with Crippen molar-refractivity contribution in [3.05, 3.63) is 26.7 Å². The van der Waals surface area contributed by atoms with Crippen LogP contribution in [0.25, 0.3) is 0 Å². The summed E-state index contributed by atoms with van der Waals surface area (Å²) in [5.74, 6) is 0.774. The number of rotatable bonds is 2. The molecule has 0 spiro atoms. The van der Waals surface area contributed by atoms with Gasteiger partial charge in [0.05, 0.1) is 10.0 Å². The Bertz CT molecular complexity index is 618. The summed E-state index contributed by atoms with van der Waals surface area (Å²) in [5.41, 5.74) is 0. The first-order valence-corrected chi connectivity index (χ1v) is 9.24. The number of nitrogens with one attached hydrogen (secondary N) is 1. The zero-order valence-corrected chi connectivity index (χ0v) is 14.4. The van der Waals surface area contributed by atoms with Crippen molar-refractivity contribution in [2.24, 2.45) is 11.8 Å². The minimum Gasteiger partial charge on any atom is -0.316 e. The molecular formula is C12H13BrCl2N2O2S. The SMILES string of the molecule is O=S(=O)(c1c(Cl)cc(Br)cc1Cl)N1C[C@H]2CNC[C@H]2C1. The van der Waals surface area contributed by atoms with Gasteiger partial charge >= 0.3 is 0 Å². The van der Waals surface area contributed by atoms with Gasteiger partial charge in [0.25, 0.3) is 0 Å². The van der Waals surface area contributed by atoms with E-state index in [0.29, 0.717) is 29.4 Å². The van der Waals surface area contributed by atoms with Gasteiger partial charge in [-0.05, 0) is 37.1 Å². The molecule has 0 bridgehead atoms. The van der Waals surface area contributed by atoms with Crippen molar-refractivity contribution in [2.75, 3.05) is 26.2 Å². The van der Waals surface area contributed by atoms with Gasteiger partial charge in [-0.25, -0.2) is 8.42 Å². The average Bonchev–Trinajstić information content (AvgIpc) is 2.85. The Balaban J connectivity index is 1.97. The van der Waals surface area contributed by atoms with Crippen molar-refractivity contribution < 1.29 is 8.42 Å². The highest BCUT2D eigenvalue weighted by atomic mass is 79.9. The van der Waals surface area contributed by atoms with Crippen LogP contribution in [0.4, 0.5) is 0 Å². The third-order valence-electron chi connectivity index (χ3n) is 3.92. The fraction of sp³-hybridized carbons (Fsp3) is 0.500. The molecule has 2 atom stereocenters. The molecule has 2 aliphatic heterocycles. The zero-order valence-electron chi connectivity index (χ0n) is 10.4. The number of hydrogen-bond donors (Lipinski definition) is 1. The van der Waals surface area contributed by atoms with Crippen molar-refractivity contribution in [1.82, 2.24) is 9.62 Å². The number of halogens is 3. The first-order chi connectivity index (χ1) is 9.39. The minimum atomic E-state index is -3.64. The van der Waals surface area contributed by atoms with Crippen LogP contribution in [-0.2, 0) is 10.0 Å². The standard InChI is InChI=1S/C12H13BrCl2N2O2S/c13-9-1-10(14)12(11(15)2-9)20(18,19)17-5-7-3-16-4-8(7)6-17/h1-2,7-8,16H,3-6H2/t7-,8+. The number of fused-ring (bicyclic) bond motifs is 1. The lowest BCUT2D eigenvalue weighted by atomic mass is 10.0. The van der Waals surface area contributed by atoms with E-state index in [0.717, 1.165) is 13.1 Å². The van der Waals surface area contributed by atoms with Crippen LogP contribution in [0.3, 0.4) is 0 Å². The number of benzene rings is 1. The molecule has 2 fully saturated rings. The second-order valence-electron chi connectivity index (χ2n) is 5.20. The predicted octanol–water partition coefficient (Wildman–Crippen LogP) is 2.60. The Kier molecular flexibility index (Phi) is 4.07. The number of sulfonamides is 1. The molecule has 0 unspecified atom stereocenters. The van der Waals surface area contributed by atoms with Crippen molar-refractivity contribution in [2.45, 2.75) is 4.90 Å². The molecule has 1 N–H and O–H groups in total. The maximum absolute atomic E-state index is 12.7. The van der Waals surface area contributed by atoms with E-state index < -0.39 is 10.0 Å². The highest BCUT2D eigenvalue weighted by molar-refractivity contribution is 9.10. The van der Waals surface area contributed by atoms with Crippen molar-refractivity contribution >= 4 is 49.2 Å². The van der Waals surface area contributed by atoms with Gasteiger partial charge in [-0.1, -0.05) is 39.1 Å². The van der Waals surface area contributed by atoms with E-state index in [1.54, 1.807) is 12.1 Å².